The van der Waals surface area contributed by atoms with E-state index in [2.05, 4.69) is 26.3 Å². The van der Waals surface area contributed by atoms with Crippen molar-refractivity contribution in [2.75, 3.05) is 6.54 Å². The minimum Gasteiger partial charge on any atom is -0.336 e. The predicted molar refractivity (Wildman–Crippen MR) is 74.0 cm³/mol. The molecular formula is C14H18N4O. The smallest absolute Gasteiger partial charge is 0.315 e. The van der Waals surface area contributed by atoms with Gasteiger partial charge in [-0.3, -0.25) is 0 Å². The summed E-state index contributed by atoms with van der Waals surface area (Å²) in [5, 5.41) is 5.80. The summed E-state index contributed by atoms with van der Waals surface area (Å²) in [6, 6.07) is 8.39. The van der Waals surface area contributed by atoms with E-state index in [0.717, 1.165) is 36.2 Å². The Bertz CT molecular complexity index is 601. The molecule has 1 aliphatic rings. The molecule has 0 atom stereocenters. The van der Waals surface area contributed by atoms with Gasteiger partial charge < -0.3 is 15.2 Å². The zero-order valence-electron chi connectivity index (χ0n) is 11.0. The topological polar surface area (TPSA) is 59.0 Å². The van der Waals surface area contributed by atoms with Crippen LogP contribution in [-0.4, -0.2) is 28.2 Å². The van der Waals surface area contributed by atoms with Crippen molar-refractivity contribution in [3.8, 4) is 0 Å². The van der Waals surface area contributed by atoms with Crippen molar-refractivity contribution < 1.29 is 4.79 Å². The van der Waals surface area contributed by atoms with Crippen molar-refractivity contribution in [3.63, 3.8) is 0 Å². The number of hydrogen-bond donors (Lipinski definition) is 2. The summed E-state index contributed by atoms with van der Waals surface area (Å²) in [7, 11) is 0. The van der Waals surface area contributed by atoms with Gasteiger partial charge in [0.15, 0.2) is 0 Å². The molecule has 5 nitrogen and oxygen atoms in total. The quantitative estimate of drug-likeness (QED) is 0.878. The van der Waals surface area contributed by atoms with E-state index in [4.69, 9.17) is 0 Å². The number of hydrogen-bond acceptors (Lipinski definition) is 2. The van der Waals surface area contributed by atoms with Gasteiger partial charge >= 0.3 is 6.03 Å². The number of nitrogens with zero attached hydrogens (tertiary/aromatic N) is 2. The molecule has 1 fully saturated rings. The van der Waals surface area contributed by atoms with Crippen LogP contribution in [0, 0.1) is 6.92 Å². The van der Waals surface area contributed by atoms with Crippen molar-refractivity contribution in [2.24, 2.45) is 0 Å². The predicted octanol–water partition coefficient (Wildman–Crippen LogP) is 1.81. The van der Waals surface area contributed by atoms with Gasteiger partial charge in [-0.05, 0) is 31.9 Å². The van der Waals surface area contributed by atoms with Crippen LogP contribution < -0.4 is 10.6 Å². The van der Waals surface area contributed by atoms with Gasteiger partial charge in [-0.1, -0.05) is 12.1 Å². The van der Waals surface area contributed by atoms with E-state index in [1.54, 1.807) is 0 Å². The molecule has 0 spiro atoms. The highest BCUT2D eigenvalue weighted by Crippen LogP contribution is 2.18. The normalized spacial score (nSPS) is 14.6. The van der Waals surface area contributed by atoms with Crippen molar-refractivity contribution in [3.05, 3.63) is 30.1 Å². The zero-order chi connectivity index (χ0) is 13.2. The largest absolute Gasteiger partial charge is 0.336 e. The maximum Gasteiger partial charge on any atom is 0.315 e. The average Bonchev–Trinajstić information content (AvgIpc) is 3.14. The second-order valence-electron chi connectivity index (χ2n) is 4.97. The highest BCUT2D eigenvalue weighted by atomic mass is 16.2. The first-order chi connectivity index (χ1) is 9.24. The maximum atomic E-state index is 11.5. The molecule has 3 rings (SSSR count). The fourth-order valence-electron chi connectivity index (χ4n) is 2.22. The van der Waals surface area contributed by atoms with Crippen LogP contribution >= 0.6 is 0 Å². The molecule has 2 aromatic rings. The minimum absolute atomic E-state index is 0.0652. The highest BCUT2D eigenvalue weighted by molar-refractivity contribution is 5.76. The Labute approximate surface area is 112 Å². The number of nitrogens with one attached hydrogen (secondary N) is 2. The molecule has 0 unspecified atom stereocenters. The third-order valence-corrected chi connectivity index (χ3v) is 3.38. The summed E-state index contributed by atoms with van der Waals surface area (Å²) >= 11 is 0. The Morgan fingerprint density at radius 3 is 3.00 bits per heavy atom. The Morgan fingerprint density at radius 1 is 1.42 bits per heavy atom. The second-order valence-corrected chi connectivity index (χ2v) is 4.97. The lowest BCUT2D eigenvalue weighted by atomic mass is 10.3. The molecule has 100 valence electrons. The number of aromatic nitrogens is 2. The van der Waals surface area contributed by atoms with Crippen LogP contribution in [0.25, 0.3) is 11.0 Å². The minimum atomic E-state index is -0.0652. The van der Waals surface area contributed by atoms with Crippen LogP contribution in [0.5, 0.6) is 0 Å². The molecule has 1 saturated carbocycles. The molecule has 0 bridgehead atoms. The van der Waals surface area contributed by atoms with Crippen molar-refractivity contribution >= 4 is 17.1 Å². The summed E-state index contributed by atoms with van der Waals surface area (Å²) in [4.78, 5) is 16.0. The second kappa shape index (κ2) is 4.91. The molecule has 0 saturated heterocycles. The molecule has 1 aromatic carbocycles. The lowest BCUT2D eigenvalue weighted by Gasteiger charge is -2.09. The van der Waals surface area contributed by atoms with Crippen molar-refractivity contribution in [2.45, 2.75) is 32.4 Å². The first kappa shape index (κ1) is 12.0. The number of carbonyl (C=O) groups is 1. The molecular weight excluding hydrogens is 240 g/mol. The Kier molecular flexibility index (Phi) is 3.11. The van der Waals surface area contributed by atoms with Crippen LogP contribution in [0.15, 0.2) is 24.3 Å². The number of aryl methyl sites for hydroxylation is 1. The molecule has 0 radical (unpaired) electrons. The van der Waals surface area contributed by atoms with Gasteiger partial charge in [0, 0.05) is 19.1 Å². The fourth-order valence-corrected chi connectivity index (χ4v) is 2.22. The number of urea groups is 1. The van der Waals surface area contributed by atoms with E-state index in [1.807, 2.05) is 25.1 Å². The third kappa shape index (κ3) is 2.70. The van der Waals surface area contributed by atoms with Crippen molar-refractivity contribution in [1.29, 1.82) is 0 Å². The molecule has 1 heterocycles. The van der Waals surface area contributed by atoms with Gasteiger partial charge in [0.05, 0.1) is 11.0 Å². The van der Waals surface area contributed by atoms with E-state index in [0.29, 0.717) is 12.6 Å². The molecule has 1 aromatic heterocycles. The highest BCUT2D eigenvalue weighted by Gasteiger charge is 2.22. The molecule has 0 aliphatic heterocycles. The van der Waals surface area contributed by atoms with Crippen LogP contribution in [-0.2, 0) is 6.54 Å². The van der Waals surface area contributed by atoms with Gasteiger partial charge in [-0.25, -0.2) is 9.78 Å². The standard InChI is InChI=1S/C14H18N4O/c1-10-16-12-4-2-3-5-13(12)18(10)9-8-15-14(19)17-11-6-7-11/h2-5,11H,6-9H2,1H3,(H2,15,17,19). The van der Waals surface area contributed by atoms with Gasteiger partial charge in [0.25, 0.3) is 0 Å². The number of para-hydroxylation sites is 2. The van der Waals surface area contributed by atoms with Gasteiger partial charge in [-0.2, -0.15) is 0 Å². The van der Waals surface area contributed by atoms with Crippen LogP contribution in [0.4, 0.5) is 4.79 Å². The Balaban J connectivity index is 1.61. The number of imidazole rings is 1. The Morgan fingerprint density at radius 2 is 2.21 bits per heavy atom. The van der Waals surface area contributed by atoms with E-state index in [-0.39, 0.29) is 6.03 Å². The van der Waals surface area contributed by atoms with E-state index >= 15 is 0 Å². The number of benzene rings is 1. The molecule has 2 amide bonds. The third-order valence-electron chi connectivity index (χ3n) is 3.38. The van der Waals surface area contributed by atoms with Gasteiger partial charge in [-0.15, -0.1) is 0 Å². The summed E-state index contributed by atoms with van der Waals surface area (Å²) in [5.41, 5.74) is 2.12. The average molecular weight is 258 g/mol. The monoisotopic (exact) mass is 258 g/mol. The SMILES string of the molecule is Cc1nc2ccccc2n1CCNC(=O)NC1CC1. The number of carbonyl (C=O) groups excluding carboxylic acids is 1. The van der Waals surface area contributed by atoms with Crippen molar-refractivity contribution in [1.82, 2.24) is 20.2 Å². The van der Waals surface area contributed by atoms with Gasteiger partial charge in [0.1, 0.15) is 5.82 Å². The van der Waals surface area contributed by atoms with Crippen LogP contribution in [0.2, 0.25) is 0 Å². The zero-order valence-corrected chi connectivity index (χ0v) is 11.0. The summed E-state index contributed by atoms with van der Waals surface area (Å²) in [5.74, 6) is 0.977. The summed E-state index contributed by atoms with van der Waals surface area (Å²) in [6.07, 6.45) is 2.22. The number of amides is 2. The maximum absolute atomic E-state index is 11.5. The van der Waals surface area contributed by atoms with E-state index < -0.39 is 0 Å². The fraction of sp³-hybridized carbons (Fsp3) is 0.429. The van der Waals surface area contributed by atoms with Crippen LogP contribution in [0.1, 0.15) is 18.7 Å². The number of rotatable bonds is 4. The molecule has 5 heteroatoms. The molecule has 1 aliphatic carbocycles. The lowest BCUT2D eigenvalue weighted by Crippen LogP contribution is -2.38. The van der Waals surface area contributed by atoms with Gasteiger partial charge in [0.2, 0.25) is 0 Å². The first-order valence-corrected chi connectivity index (χ1v) is 6.70. The summed E-state index contributed by atoms with van der Waals surface area (Å²) in [6.45, 7) is 3.34. The van der Waals surface area contributed by atoms with E-state index in [1.165, 1.54) is 0 Å². The number of fused-ring (bicyclic) bond motifs is 1. The summed E-state index contributed by atoms with van der Waals surface area (Å²) < 4.78 is 2.13. The molecule has 2 N–H and O–H groups in total. The first-order valence-electron chi connectivity index (χ1n) is 6.70. The van der Waals surface area contributed by atoms with Crippen LogP contribution in [0.3, 0.4) is 0 Å². The lowest BCUT2D eigenvalue weighted by molar-refractivity contribution is 0.240. The molecule has 19 heavy (non-hydrogen) atoms. The Hall–Kier alpha value is -2.04. The van der Waals surface area contributed by atoms with E-state index in [9.17, 15) is 4.79 Å².